The second-order valence-corrected chi connectivity index (χ2v) is 7.96. The van der Waals surface area contributed by atoms with E-state index < -0.39 is 10.0 Å². The summed E-state index contributed by atoms with van der Waals surface area (Å²) >= 11 is 0. The van der Waals surface area contributed by atoms with Crippen molar-refractivity contribution in [2.24, 2.45) is 10.6 Å². The van der Waals surface area contributed by atoms with Crippen molar-refractivity contribution < 1.29 is 17.9 Å². The average molecular weight is 305 g/mol. The van der Waals surface area contributed by atoms with Gasteiger partial charge in [0, 0.05) is 18.6 Å². The lowest BCUT2D eigenvalue weighted by Crippen LogP contribution is -2.39. The number of primary sulfonamides is 1. The normalized spacial score (nSPS) is 25.2. The van der Waals surface area contributed by atoms with Gasteiger partial charge in [0.15, 0.2) is 0 Å². The first-order valence-corrected chi connectivity index (χ1v) is 9.41. The maximum absolute atomic E-state index is 11.6. The number of ether oxygens (including phenoxy) is 2. The lowest BCUT2D eigenvalue weighted by molar-refractivity contribution is -0.0609. The molecule has 0 spiro atoms. The summed E-state index contributed by atoms with van der Waals surface area (Å²) in [5, 5.41) is 5.31. The first-order chi connectivity index (χ1) is 9.49. The molecule has 0 bridgehead atoms. The second-order valence-electron chi connectivity index (χ2n) is 6.34. The van der Waals surface area contributed by atoms with Gasteiger partial charge in [-0.1, -0.05) is 25.7 Å². The van der Waals surface area contributed by atoms with E-state index in [9.17, 15) is 8.42 Å². The standard InChI is InChI=1S/C14H27NO4S/c15-20(16,17)12-14(7-3-1-2-4-8-14)11-19-13-5-9-18-10-6-13/h13H,1-12H2,(H2,15,16,17). The quantitative estimate of drug-likeness (QED) is 0.786. The molecule has 2 rings (SSSR count). The lowest BCUT2D eigenvalue weighted by atomic mass is 9.83. The van der Waals surface area contributed by atoms with Crippen LogP contribution in [0.2, 0.25) is 0 Å². The molecule has 0 aromatic rings. The van der Waals surface area contributed by atoms with Crippen molar-refractivity contribution in [2.75, 3.05) is 25.6 Å². The fraction of sp³-hybridized carbons (Fsp3) is 1.00. The number of sulfonamides is 1. The Hall–Kier alpha value is -0.170. The topological polar surface area (TPSA) is 78.6 Å². The maximum atomic E-state index is 11.6. The predicted molar refractivity (Wildman–Crippen MR) is 77.9 cm³/mol. The molecule has 0 atom stereocenters. The van der Waals surface area contributed by atoms with Crippen LogP contribution in [0, 0.1) is 5.41 Å². The Balaban J connectivity index is 1.97. The zero-order chi connectivity index (χ0) is 14.5. The highest BCUT2D eigenvalue weighted by Gasteiger charge is 2.36. The minimum absolute atomic E-state index is 0.0587. The summed E-state index contributed by atoms with van der Waals surface area (Å²) in [6.07, 6.45) is 8.37. The Morgan fingerprint density at radius 2 is 1.70 bits per heavy atom. The van der Waals surface area contributed by atoms with Crippen LogP contribution in [0.3, 0.4) is 0 Å². The van der Waals surface area contributed by atoms with E-state index in [4.69, 9.17) is 14.6 Å². The minimum Gasteiger partial charge on any atom is -0.381 e. The Morgan fingerprint density at radius 1 is 1.10 bits per heavy atom. The van der Waals surface area contributed by atoms with Gasteiger partial charge in [-0.2, -0.15) is 0 Å². The molecular formula is C14H27NO4S. The van der Waals surface area contributed by atoms with E-state index >= 15 is 0 Å². The van der Waals surface area contributed by atoms with Crippen LogP contribution in [0.5, 0.6) is 0 Å². The fourth-order valence-corrected chi connectivity index (χ4v) is 4.60. The molecule has 2 aliphatic rings. The van der Waals surface area contributed by atoms with Gasteiger partial charge in [0.05, 0.1) is 18.5 Å². The van der Waals surface area contributed by atoms with Crippen molar-refractivity contribution in [1.82, 2.24) is 0 Å². The van der Waals surface area contributed by atoms with Crippen LogP contribution in [0.15, 0.2) is 0 Å². The first-order valence-electron chi connectivity index (χ1n) is 7.69. The molecule has 2 N–H and O–H groups in total. The summed E-state index contributed by atoms with van der Waals surface area (Å²) in [4.78, 5) is 0. The van der Waals surface area contributed by atoms with Gasteiger partial charge in [0.2, 0.25) is 10.0 Å². The van der Waals surface area contributed by atoms with Crippen molar-refractivity contribution >= 4 is 10.0 Å². The van der Waals surface area contributed by atoms with Crippen molar-refractivity contribution in [3.05, 3.63) is 0 Å². The molecular weight excluding hydrogens is 278 g/mol. The van der Waals surface area contributed by atoms with Crippen LogP contribution in [-0.4, -0.2) is 40.1 Å². The molecule has 6 heteroatoms. The van der Waals surface area contributed by atoms with Crippen molar-refractivity contribution in [3.63, 3.8) is 0 Å². The van der Waals surface area contributed by atoms with Gasteiger partial charge in [0.1, 0.15) is 0 Å². The molecule has 0 radical (unpaired) electrons. The number of rotatable bonds is 5. The van der Waals surface area contributed by atoms with E-state index in [1.165, 1.54) is 12.8 Å². The van der Waals surface area contributed by atoms with E-state index in [1.54, 1.807) is 0 Å². The minimum atomic E-state index is -3.46. The summed E-state index contributed by atoms with van der Waals surface area (Å²) in [5.74, 6) is 0.0587. The van der Waals surface area contributed by atoms with Gasteiger partial charge in [-0.05, 0) is 25.7 Å². The van der Waals surface area contributed by atoms with Crippen molar-refractivity contribution in [3.8, 4) is 0 Å². The molecule has 1 aliphatic carbocycles. The van der Waals surface area contributed by atoms with Gasteiger partial charge in [-0.3, -0.25) is 0 Å². The Bertz CT molecular complexity index is 382. The van der Waals surface area contributed by atoms with E-state index in [0.717, 1.165) is 51.7 Å². The van der Waals surface area contributed by atoms with E-state index in [0.29, 0.717) is 6.61 Å². The van der Waals surface area contributed by atoms with Gasteiger partial charge in [0.25, 0.3) is 0 Å². The smallest absolute Gasteiger partial charge is 0.209 e. The molecule has 1 heterocycles. The van der Waals surface area contributed by atoms with Gasteiger partial charge in [-0.25, -0.2) is 13.6 Å². The highest BCUT2D eigenvalue weighted by Crippen LogP contribution is 2.37. The van der Waals surface area contributed by atoms with Gasteiger partial charge >= 0.3 is 0 Å². The van der Waals surface area contributed by atoms with Crippen LogP contribution in [0.4, 0.5) is 0 Å². The second kappa shape index (κ2) is 7.20. The maximum Gasteiger partial charge on any atom is 0.209 e. The monoisotopic (exact) mass is 305 g/mol. The Morgan fingerprint density at radius 3 is 2.25 bits per heavy atom. The van der Waals surface area contributed by atoms with E-state index in [1.807, 2.05) is 0 Å². The van der Waals surface area contributed by atoms with Gasteiger partial charge in [-0.15, -0.1) is 0 Å². The Labute approximate surface area is 122 Å². The van der Waals surface area contributed by atoms with Crippen molar-refractivity contribution in [2.45, 2.75) is 57.5 Å². The molecule has 5 nitrogen and oxygen atoms in total. The highest BCUT2D eigenvalue weighted by atomic mass is 32.2. The van der Waals surface area contributed by atoms with Crippen LogP contribution in [0.25, 0.3) is 0 Å². The molecule has 20 heavy (non-hydrogen) atoms. The summed E-state index contributed by atoms with van der Waals surface area (Å²) in [6.45, 7) is 2.01. The van der Waals surface area contributed by atoms with E-state index in [-0.39, 0.29) is 17.3 Å². The summed E-state index contributed by atoms with van der Waals surface area (Å²) in [7, 11) is -3.46. The molecule has 0 unspecified atom stereocenters. The van der Waals surface area contributed by atoms with Crippen LogP contribution in [0.1, 0.15) is 51.4 Å². The van der Waals surface area contributed by atoms with Crippen molar-refractivity contribution in [1.29, 1.82) is 0 Å². The third kappa shape index (κ3) is 5.31. The van der Waals surface area contributed by atoms with Crippen LogP contribution in [-0.2, 0) is 19.5 Å². The van der Waals surface area contributed by atoms with Gasteiger partial charge < -0.3 is 9.47 Å². The summed E-state index contributed by atoms with van der Waals surface area (Å²) < 4.78 is 34.5. The SMILES string of the molecule is NS(=O)(=O)CC1(COC2CCOCC2)CCCCCC1. The molecule has 2 fully saturated rings. The molecule has 0 aromatic carbocycles. The highest BCUT2D eigenvalue weighted by molar-refractivity contribution is 7.89. The third-order valence-electron chi connectivity index (χ3n) is 4.47. The zero-order valence-corrected chi connectivity index (χ0v) is 13.0. The number of hydrogen-bond donors (Lipinski definition) is 1. The molecule has 1 saturated carbocycles. The fourth-order valence-electron chi connectivity index (χ4n) is 3.37. The molecule has 1 aliphatic heterocycles. The molecule has 0 amide bonds. The zero-order valence-electron chi connectivity index (χ0n) is 12.2. The Kier molecular flexibility index (Phi) is 5.84. The average Bonchev–Trinajstić information content (AvgIpc) is 2.62. The first kappa shape index (κ1) is 16.2. The largest absolute Gasteiger partial charge is 0.381 e. The number of hydrogen-bond acceptors (Lipinski definition) is 4. The molecule has 118 valence electrons. The summed E-state index contributed by atoms with van der Waals surface area (Å²) in [6, 6.07) is 0. The van der Waals surface area contributed by atoms with Crippen LogP contribution >= 0.6 is 0 Å². The van der Waals surface area contributed by atoms with Crippen LogP contribution < -0.4 is 5.14 Å². The summed E-state index contributed by atoms with van der Waals surface area (Å²) in [5.41, 5.74) is -0.275. The molecule has 0 aromatic heterocycles. The molecule has 1 saturated heterocycles. The van der Waals surface area contributed by atoms with E-state index in [2.05, 4.69) is 0 Å². The third-order valence-corrected chi connectivity index (χ3v) is 5.48. The predicted octanol–water partition coefficient (Wildman–Crippen LogP) is 1.81. The number of nitrogens with two attached hydrogens (primary N) is 1. The lowest BCUT2D eigenvalue weighted by Gasteiger charge is -2.34.